The molecule has 0 radical (unpaired) electrons. The average molecular weight is 366 g/mol. The summed E-state index contributed by atoms with van der Waals surface area (Å²) in [6, 6.07) is 0. The van der Waals surface area contributed by atoms with E-state index in [-0.39, 0.29) is 51.4 Å². The van der Waals surface area contributed by atoms with E-state index < -0.39 is 46.6 Å². The van der Waals surface area contributed by atoms with E-state index in [1.165, 1.54) is 0 Å². The van der Waals surface area contributed by atoms with Crippen LogP contribution in [0.5, 0.6) is 0 Å². The topological polar surface area (TPSA) is 149 Å². The van der Waals surface area contributed by atoms with Crippen molar-refractivity contribution >= 4 is 35.6 Å². The molecule has 2 N–H and O–H groups in total. The van der Waals surface area contributed by atoms with Gasteiger partial charge in [0, 0.05) is 25.7 Å². The highest BCUT2D eigenvalue weighted by Gasteiger charge is 2.61. The van der Waals surface area contributed by atoms with Crippen molar-refractivity contribution in [1.29, 1.82) is 0 Å². The van der Waals surface area contributed by atoms with Gasteiger partial charge in [-0.05, 0) is 25.7 Å². The summed E-state index contributed by atoms with van der Waals surface area (Å²) in [7, 11) is 0. The standard InChI is InChI=1S/C16H18N2O8/c19-9-1-2-10(20)17(9)15(13(23)24)5-7-16(8-6-15,14(25)26)18-11(21)3-4-12(18)22/h1-8H2,(H,23,24)(H,25,26). The number of imide groups is 2. The maximum atomic E-state index is 12.1. The molecule has 26 heavy (non-hydrogen) atoms. The van der Waals surface area contributed by atoms with Crippen LogP contribution in [-0.4, -0.2) is 66.7 Å². The lowest BCUT2D eigenvalue weighted by atomic mass is 9.70. The highest BCUT2D eigenvalue weighted by Crippen LogP contribution is 2.45. The van der Waals surface area contributed by atoms with Gasteiger partial charge in [0.1, 0.15) is 11.1 Å². The number of aliphatic carboxylic acids is 2. The molecule has 0 aromatic heterocycles. The van der Waals surface area contributed by atoms with E-state index in [1.807, 2.05) is 0 Å². The number of likely N-dealkylation sites (tertiary alicyclic amines) is 2. The molecule has 3 fully saturated rings. The Balaban J connectivity index is 1.96. The summed E-state index contributed by atoms with van der Waals surface area (Å²) in [5.74, 6) is -5.19. The maximum Gasteiger partial charge on any atom is 0.330 e. The second-order valence-electron chi connectivity index (χ2n) is 6.92. The summed E-state index contributed by atoms with van der Waals surface area (Å²) in [6.45, 7) is 0. The van der Waals surface area contributed by atoms with Gasteiger partial charge in [0.05, 0.1) is 0 Å². The summed E-state index contributed by atoms with van der Waals surface area (Å²) in [5, 5.41) is 19.4. The zero-order valence-corrected chi connectivity index (χ0v) is 13.9. The van der Waals surface area contributed by atoms with Crippen LogP contribution in [0.2, 0.25) is 0 Å². The van der Waals surface area contributed by atoms with Gasteiger partial charge in [-0.25, -0.2) is 9.59 Å². The van der Waals surface area contributed by atoms with Crippen molar-refractivity contribution in [3.63, 3.8) is 0 Å². The summed E-state index contributed by atoms with van der Waals surface area (Å²) in [4.78, 5) is 73.6. The zero-order chi connectivity index (χ0) is 19.3. The minimum absolute atomic E-state index is 0.0823. The van der Waals surface area contributed by atoms with Gasteiger partial charge < -0.3 is 10.2 Å². The Bertz CT molecular complexity index is 641. The van der Waals surface area contributed by atoms with Gasteiger partial charge in [0.15, 0.2) is 0 Å². The lowest BCUT2D eigenvalue weighted by molar-refractivity contribution is -0.175. The van der Waals surface area contributed by atoms with Crippen LogP contribution in [0, 0.1) is 0 Å². The molecule has 3 rings (SSSR count). The highest BCUT2D eigenvalue weighted by molar-refractivity contribution is 6.08. The Hall–Kier alpha value is -2.78. The van der Waals surface area contributed by atoms with Crippen molar-refractivity contribution in [3.05, 3.63) is 0 Å². The van der Waals surface area contributed by atoms with E-state index in [1.54, 1.807) is 0 Å². The monoisotopic (exact) mass is 366 g/mol. The molecule has 3 aliphatic rings. The normalized spacial score (nSPS) is 32.5. The molecule has 2 aliphatic heterocycles. The van der Waals surface area contributed by atoms with E-state index in [0.717, 1.165) is 9.80 Å². The molecule has 1 saturated carbocycles. The van der Waals surface area contributed by atoms with Crippen LogP contribution in [0.3, 0.4) is 0 Å². The SMILES string of the molecule is O=C1CCC(=O)N1C1(C(=O)O)CCC(C(=O)O)(N2C(=O)CCC2=O)CC1. The molecule has 1 aliphatic carbocycles. The van der Waals surface area contributed by atoms with Crippen LogP contribution in [-0.2, 0) is 28.8 Å². The van der Waals surface area contributed by atoms with Gasteiger partial charge in [-0.1, -0.05) is 0 Å². The lowest BCUT2D eigenvalue weighted by Gasteiger charge is -2.47. The molecule has 0 bridgehead atoms. The number of carbonyl (C=O) groups excluding carboxylic acids is 4. The van der Waals surface area contributed by atoms with Crippen molar-refractivity contribution in [1.82, 2.24) is 9.80 Å². The fourth-order valence-corrected chi connectivity index (χ4v) is 4.25. The van der Waals surface area contributed by atoms with Gasteiger partial charge in [-0.15, -0.1) is 0 Å². The van der Waals surface area contributed by atoms with E-state index in [2.05, 4.69) is 0 Å². The maximum absolute atomic E-state index is 12.1. The van der Waals surface area contributed by atoms with Gasteiger partial charge in [0.2, 0.25) is 23.6 Å². The molecular weight excluding hydrogens is 348 g/mol. The molecule has 10 nitrogen and oxygen atoms in total. The second-order valence-corrected chi connectivity index (χ2v) is 6.92. The molecular formula is C16H18N2O8. The number of hydrogen-bond donors (Lipinski definition) is 2. The minimum Gasteiger partial charge on any atom is -0.479 e. The largest absolute Gasteiger partial charge is 0.479 e. The Morgan fingerprint density at radius 1 is 0.615 bits per heavy atom. The summed E-state index contributed by atoms with van der Waals surface area (Å²) in [6.07, 6.45) is -1.65. The first-order valence-corrected chi connectivity index (χ1v) is 8.34. The molecule has 0 unspecified atom stereocenters. The van der Waals surface area contributed by atoms with E-state index in [4.69, 9.17) is 0 Å². The number of carboxylic acid groups (broad SMARTS) is 2. The van der Waals surface area contributed by atoms with Gasteiger partial charge in [-0.3, -0.25) is 29.0 Å². The van der Waals surface area contributed by atoms with Gasteiger partial charge >= 0.3 is 11.9 Å². The minimum atomic E-state index is -1.84. The van der Waals surface area contributed by atoms with Crippen LogP contribution < -0.4 is 0 Å². The Labute approximate surface area is 147 Å². The molecule has 2 heterocycles. The van der Waals surface area contributed by atoms with Crippen LogP contribution in [0.1, 0.15) is 51.4 Å². The van der Waals surface area contributed by atoms with Crippen LogP contribution in [0.15, 0.2) is 0 Å². The number of carboxylic acids is 2. The third-order valence-corrected chi connectivity index (χ3v) is 5.66. The van der Waals surface area contributed by atoms with E-state index in [0.29, 0.717) is 0 Å². The molecule has 0 spiro atoms. The van der Waals surface area contributed by atoms with Crippen molar-refractivity contribution < 1.29 is 39.0 Å². The van der Waals surface area contributed by atoms with Crippen LogP contribution in [0.4, 0.5) is 0 Å². The quantitative estimate of drug-likeness (QED) is 0.633. The fraction of sp³-hybridized carbons (Fsp3) is 0.625. The third kappa shape index (κ3) is 2.31. The predicted molar refractivity (Wildman–Crippen MR) is 81.4 cm³/mol. The highest BCUT2D eigenvalue weighted by atomic mass is 16.4. The Kier molecular flexibility index (Phi) is 4.08. The molecule has 140 valence electrons. The zero-order valence-electron chi connectivity index (χ0n) is 13.9. The van der Waals surface area contributed by atoms with Crippen LogP contribution in [0.25, 0.3) is 0 Å². The number of rotatable bonds is 4. The van der Waals surface area contributed by atoms with Crippen LogP contribution >= 0.6 is 0 Å². The van der Waals surface area contributed by atoms with Gasteiger partial charge in [-0.2, -0.15) is 0 Å². The first kappa shape index (κ1) is 18.0. The fourth-order valence-electron chi connectivity index (χ4n) is 4.25. The Morgan fingerprint density at radius 2 is 0.846 bits per heavy atom. The van der Waals surface area contributed by atoms with Crippen molar-refractivity contribution in [2.45, 2.75) is 62.4 Å². The molecule has 2 saturated heterocycles. The number of amides is 4. The first-order valence-electron chi connectivity index (χ1n) is 8.34. The van der Waals surface area contributed by atoms with Gasteiger partial charge in [0.25, 0.3) is 0 Å². The number of carbonyl (C=O) groups is 6. The average Bonchev–Trinajstić information content (AvgIpc) is 3.09. The number of nitrogens with zero attached hydrogens (tertiary/aromatic N) is 2. The first-order chi connectivity index (χ1) is 12.2. The number of hydrogen-bond acceptors (Lipinski definition) is 6. The lowest BCUT2D eigenvalue weighted by Crippen LogP contribution is -2.66. The second kappa shape index (κ2) is 5.89. The summed E-state index contributed by atoms with van der Waals surface area (Å²) in [5.41, 5.74) is -3.68. The van der Waals surface area contributed by atoms with E-state index in [9.17, 15) is 39.0 Å². The molecule has 0 aromatic rings. The molecule has 10 heteroatoms. The smallest absolute Gasteiger partial charge is 0.330 e. The summed E-state index contributed by atoms with van der Waals surface area (Å²) >= 11 is 0. The van der Waals surface area contributed by atoms with Crippen molar-refractivity contribution in [2.24, 2.45) is 0 Å². The predicted octanol–water partition coefficient (Wildman–Crippen LogP) is -0.495. The third-order valence-electron chi connectivity index (χ3n) is 5.66. The molecule has 0 atom stereocenters. The molecule has 0 aromatic carbocycles. The van der Waals surface area contributed by atoms with Crippen molar-refractivity contribution in [2.75, 3.05) is 0 Å². The Morgan fingerprint density at radius 3 is 1.04 bits per heavy atom. The van der Waals surface area contributed by atoms with Crippen molar-refractivity contribution in [3.8, 4) is 0 Å². The van der Waals surface area contributed by atoms with E-state index >= 15 is 0 Å². The summed E-state index contributed by atoms with van der Waals surface area (Å²) < 4.78 is 0. The molecule has 4 amide bonds.